The molecule has 1 aromatic carbocycles. The molecule has 2 aromatic rings. The van der Waals surface area contributed by atoms with Crippen LogP contribution in [0.15, 0.2) is 11.0 Å². The summed E-state index contributed by atoms with van der Waals surface area (Å²) < 4.78 is 21.6. The minimum atomic E-state index is -1.37. The Hall–Kier alpha value is -2.65. The number of H-pyrrole nitrogens is 1. The van der Waals surface area contributed by atoms with Gasteiger partial charge in [0.05, 0.1) is 18.0 Å². The van der Waals surface area contributed by atoms with Crippen LogP contribution in [0.5, 0.6) is 5.75 Å². The normalized spacial score (nSPS) is 20.0. The van der Waals surface area contributed by atoms with Crippen LogP contribution in [0.4, 0.5) is 10.1 Å². The van der Waals surface area contributed by atoms with Gasteiger partial charge in [0, 0.05) is 30.4 Å². The van der Waals surface area contributed by atoms with Gasteiger partial charge < -0.3 is 30.8 Å². The summed E-state index contributed by atoms with van der Waals surface area (Å²) in [6, 6.07) is 0. The Morgan fingerprint density at radius 3 is 2.83 bits per heavy atom. The van der Waals surface area contributed by atoms with Crippen molar-refractivity contribution in [2.45, 2.75) is 31.2 Å². The Morgan fingerprint density at radius 1 is 1.50 bits per heavy atom. The highest BCUT2D eigenvalue weighted by molar-refractivity contribution is 5.99. The van der Waals surface area contributed by atoms with Gasteiger partial charge in [-0.15, -0.1) is 0 Å². The molecule has 1 aliphatic carbocycles. The Bertz CT molecular complexity index is 1060. The number of hydrogen-bond donors (Lipinski definition) is 4. The minimum Gasteiger partial charge on any atom is -0.492 e. The number of rotatable bonds is 7. The minimum absolute atomic E-state index is 0.0288. The van der Waals surface area contributed by atoms with Crippen molar-refractivity contribution in [1.29, 1.82) is 0 Å². The van der Waals surface area contributed by atoms with Crippen LogP contribution in [-0.4, -0.2) is 49.9 Å². The lowest BCUT2D eigenvalue weighted by molar-refractivity contribution is 0.0695. The highest BCUT2D eigenvalue weighted by Gasteiger charge is 2.46. The molecule has 1 unspecified atom stereocenters. The van der Waals surface area contributed by atoms with Gasteiger partial charge in [0.2, 0.25) is 5.43 Å². The molecule has 8 nitrogen and oxygen atoms in total. The molecule has 0 spiro atoms. The van der Waals surface area contributed by atoms with Crippen LogP contribution in [0, 0.1) is 11.7 Å². The SMILES string of the molecule is CNCCC1CCN(c2c(F)c(C3(N)CC3)c3c(=O)c(C(=O)O)c[nH]c3c2OC)C1. The summed E-state index contributed by atoms with van der Waals surface area (Å²) in [4.78, 5) is 29.3. The van der Waals surface area contributed by atoms with Crippen molar-refractivity contribution >= 4 is 22.6 Å². The maximum Gasteiger partial charge on any atom is 0.341 e. The van der Waals surface area contributed by atoms with Gasteiger partial charge in [0.15, 0.2) is 11.6 Å². The number of nitrogens with two attached hydrogens (primary N) is 1. The number of carboxylic acids is 1. The highest BCUT2D eigenvalue weighted by Crippen LogP contribution is 2.51. The van der Waals surface area contributed by atoms with Gasteiger partial charge >= 0.3 is 5.97 Å². The number of pyridine rings is 1. The van der Waals surface area contributed by atoms with E-state index in [1.165, 1.54) is 7.11 Å². The first-order valence-electron chi connectivity index (χ1n) is 10.2. The number of nitrogens with zero attached hydrogens (tertiary/aromatic N) is 1. The van der Waals surface area contributed by atoms with Gasteiger partial charge in [-0.2, -0.15) is 0 Å². The number of hydrogen-bond acceptors (Lipinski definition) is 6. The number of benzene rings is 1. The highest BCUT2D eigenvalue weighted by atomic mass is 19.1. The fourth-order valence-corrected chi connectivity index (χ4v) is 4.51. The molecule has 1 saturated heterocycles. The third-order valence-corrected chi connectivity index (χ3v) is 6.33. The molecule has 2 fully saturated rings. The zero-order valence-electron chi connectivity index (χ0n) is 17.2. The van der Waals surface area contributed by atoms with Gasteiger partial charge in [0.1, 0.15) is 11.3 Å². The zero-order chi connectivity index (χ0) is 21.6. The first-order chi connectivity index (χ1) is 14.3. The number of ether oxygens (including phenoxy) is 1. The molecule has 2 heterocycles. The van der Waals surface area contributed by atoms with E-state index in [0.717, 1.165) is 25.6 Å². The van der Waals surface area contributed by atoms with Gasteiger partial charge in [-0.1, -0.05) is 0 Å². The van der Waals surface area contributed by atoms with Crippen molar-refractivity contribution in [3.05, 3.63) is 33.4 Å². The largest absolute Gasteiger partial charge is 0.492 e. The summed E-state index contributed by atoms with van der Waals surface area (Å²) in [7, 11) is 3.33. The third kappa shape index (κ3) is 3.22. The van der Waals surface area contributed by atoms with Crippen LogP contribution in [0.1, 0.15) is 41.6 Å². The van der Waals surface area contributed by atoms with Crippen LogP contribution >= 0.6 is 0 Å². The second kappa shape index (κ2) is 7.55. The topological polar surface area (TPSA) is 121 Å². The van der Waals surface area contributed by atoms with Crippen molar-refractivity contribution in [1.82, 2.24) is 10.3 Å². The molecule has 5 N–H and O–H groups in total. The van der Waals surface area contributed by atoms with E-state index in [4.69, 9.17) is 10.5 Å². The quantitative estimate of drug-likeness (QED) is 0.541. The molecule has 1 aliphatic heterocycles. The van der Waals surface area contributed by atoms with E-state index in [0.29, 0.717) is 37.5 Å². The number of aromatic nitrogens is 1. The van der Waals surface area contributed by atoms with E-state index in [1.54, 1.807) is 0 Å². The average molecular weight is 418 g/mol. The Balaban J connectivity index is 1.94. The third-order valence-electron chi connectivity index (χ3n) is 6.33. The van der Waals surface area contributed by atoms with Gasteiger partial charge in [-0.25, -0.2) is 9.18 Å². The van der Waals surface area contributed by atoms with Crippen LogP contribution < -0.4 is 26.1 Å². The standard InChI is InChI=1S/C21H27FN4O4/c1-24-7-3-11-4-8-26(10-11)17-15(22)14(21(23)5-6-21)13-16(19(17)30-2)25-9-12(18(13)27)20(28)29/h9,11,24H,3-8,10,23H2,1-2H3,(H,25,27)(H,28,29). The molecule has 9 heteroatoms. The summed E-state index contributed by atoms with van der Waals surface area (Å²) in [6.45, 7) is 2.23. The van der Waals surface area contributed by atoms with Gasteiger partial charge in [-0.3, -0.25) is 4.79 Å². The Labute approximate surface area is 173 Å². The number of fused-ring (bicyclic) bond motifs is 1. The van der Waals surface area contributed by atoms with Crippen LogP contribution in [0.3, 0.4) is 0 Å². The van der Waals surface area contributed by atoms with E-state index < -0.39 is 28.3 Å². The van der Waals surface area contributed by atoms with Crippen LogP contribution in [0.25, 0.3) is 10.9 Å². The summed E-state index contributed by atoms with van der Waals surface area (Å²) in [5, 5.41) is 12.5. The molecule has 4 rings (SSSR count). The molecule has 0 amide bonds. The number of methoxy groups -OCH3 is 1. The number of halogens is 1. The number of aromatic amines is 1. The van der Waals surface area contributed by atoms with Crippen molar-refractivity contribution in [2.24, 2.45) is 11.7 Å². The van der Waals surface area contributed by atoms with Crippen molar-refractivity contribution in [2.75, 3.05) is 38.7 Å². The van der Waals surface area contributed by atoms with Crippen LogP contribution in [-0.2, 0) is 5.54 Å². The van der Waals surface area contributed by atoms with Crippen LogP contribution in [0.2, 0.25) is 0 Å². The van der Waals surface area contributed by atoms with E-state index in [2.05, 4.69) is 10.3 Å². The maximum absolute atomic E-state index is 16.0. The zero-order valence-corrected chi connectivity index (χ0v) is 17.2. The molecule has 1 aromatic heterocycles. The number of carbonyl (C=O) groups is 1. The first-order valence-corrected chi connectivity index (χ1v) is 10.2. The van der Waals surface area contributed by atoms with E-state index in [1.807, 2.05) is 11.9 Å². The van der Waals surface area contributed by atoms with Gasteiger partial charge in [-0.05, 0) is 45.2 Å². The molecule has 0 radical (unpaired) electrons. The Morgan fingerprint density at radius 2 is 2.23 bits per heavy atom. The molecule has 30 heavy (non-hydrogen) atoms. The summed E-state index contributed by atoms with van der Waals surface area (Å²) >= 11 is 0. The fourth-order valence-electron chi connectivity index (χ4n) is 4.51. The average Bonchev–Trinajstić information content (AvgIpc) is 3.28. The Kier molecular flexibility index (Phi) is 5.19. The van der Waals surface area contributed by atoms with Crippen molar-refractivity contribution < 1.29 is 19.0 Å². The summed E-state index contributed by atoms with van der Waals surface area (Å²) in [6.07, 6.45) is 4.12. The fraction of sp³-hybridized carbons (Fsp3) is 0.524. The predicted octanol–water partition coefficient (Wildman–Crippen LogP) is 1.76. The number of nitrogens with one attached hydrogen (secondary N) is 2. The lowest BCUT2D eigenvalue weighted by Crippen LogP contribution is -2.29. The molecule has 1 saturated carbocycles. The monoisotopic (exact) mass is 418 g/mol. The maximum atomic E-state index is 16.0. The predicted molar refractivity (Wildman–Crippen MR) is 112 cm³/mol. The smallest absolute Gasteiger partial charge is 0.341 e. The molecular formula is C21H27FN4O4. The van der Waals surface area contributed by atoms with E-state index in [9.17, 15) is 14.7 Å². The number of carboxylic acid groups (broad SMARTS) is 1. The van der Waals surface area contributed by atoms with E-state index >= 15 is 4.39 Å². The first kappa shape index (κ1) is 20.6. The second-order valence-electron chi connectivity index (χ2n) is 8.31. The lowest BCUT2D eigenvalue weighted by atomic mass is 9.95. The van der Waals surface area contributed by atoms with Gasteiger partial charge in [0.25, 0.3) is 0 Å². The number of aromatic carboxylic acids is 1. The number of anilines is 1. The van der Waals surface area contributed by atoms with Crippen molar-refractivity contribution in [3.8, 4) is 5.75 Å². The molecule has 2 aliphatic rings. The molecular weight excluding hydrogens is 391 g/mol. The second-order valence-corrected chi connectivity index (χ2v) is 8.31. The molecule has 0 bridgehead atoms. The van der Waals surface area contributed by atoms with E-state index in [-0.39, 0.29) is 22.2 Å². The summed E-state index contributed by atoms with van der Waals surface area (Å²) in [5.41, 5.74) is 4.88. The molecule has 1 atom stereocenters. The van der Waals surface area contributed by atoms with Crippen molar-refractivity contribution in [3.63, 3.8) is 0 Å². The molecule has 162 valence electrons. The summed E-state index contributed by atoms with van der Waals surface area (Å²) in [5.74, 6) is -1.33. The lowest BCUT2D eigenvalue weighted by Gasteiger charge is -2.26.